The monoisotopic (exact) mass is 344 g/mol. The molecule has 0 saturated carbocycles. The van der Waals surface area contributed by atoms with Gasteiger partial charge in [-0.3, -0.25) is 4.79 Å². The molecule has 1 saturated heterocycles. The number of nitrogens with zero attached hydrogens (tertiary/aromatic N) is 4. The predicted octanol–water partition coefficient (Wildman–Crippen LogP) is 3.01. The van der Waals surface area contributed by atoms with Crippen LogP contribution in [0.2, 0.25) is 0 Å². The molecule has 0 aromatic carbocycles. The first-order chi connectivity index (χ1) is 12.1. The van der Waals surface area contributed by atoms with Crippen molar-refractivity contribution in [3.63, 3.8) is 0 Å². The number of hydrogen-bond acceptors (Lipinski definition) is 6. The van der Waals surface area contributed by atoms with Crippen LogP contribution in [0.15, 0.2) is 22.9 Å². The summed E-state index contributed by atoms with van der Waals surface area (Å²) < 4.78 is 10.8. The average Bonchev–Trinajstić information content (AvgIpc) is 3.13. The number of likely N-dealkylation sites (tertiary alicyclic amines) is 1. The van der Waals surface area contributed by atoms with Crippen molar-refractivity contribution in [3.05, 3.63) is 35.6 Å². The molecule has 3 heterocycles. The molecule has 0 unspecified atom stereocenters. The van der Waals surface area contributed by atoms with E-state index >= 15 is 0 Å². The van der Waals surface area contributed by atoms with Crippen molar-refractivity contribution in [1.29, 1.82) is 0 Å². The Hall–Kier alpha value is -2.44. The highest BCUT2D eigenvalue weighted by atomic mass is 16.5. The number of rotatable bonds is 5. The minimum absolute atomic E-state index is 0.0613. The highest BCUT2D eigenvalue weighted by Crippen LogP contribution is 2.28. The Balaban J connectivity index is 1.75. The van der Waals surface area contributed by atoms with Crippen molar-refractivity contribution in [1.82, 2.24) is 20.0 Å². The molecular formula is C18H24N4O3. The lowest BCUT2D eigenvalue weighted by Crippen LogP contribution is -2.39. The molecule has 3 rings (SSSR count). The van der Waals surface area contributed by atoms with Crippen LogP contribution in [-0.2, 0) is 0 Å². The molecule has 1 aliphatic rings. The van der Waals surface area contributed by atoms with Gasteiger partial charge in [-0.25, -0.2) is 4.98 Å². The van der Waals surface area contributed by atoms with Crippen molar-refractivity contribution in [2.75, 3.05) is 19.7 Å². The van der Waals surface area contributed by atoms with Gasteiger partial charge in [0.25, 0.3) is 5.91 Å². The summed E-state index contributed by atoms with van der Waals surface area (Å²) in [5, 5.41) is 4.11. The van der Waals surface area contributed by atoms with E-state index in [1.807, 2.05) is 25.7 Å². The predicted molar refractivity (Wildman–Crippen MR) is 91.7 cm³/mol. The Labute approximate surface area is 147 Å². The summed E-state index contributed by atoms with van der Waals surface area (Å²) in [5.41, 5.74) is 0.501. The van der Waals surface area contributed by atoms with E-state index in [9.17, 15) is 4.79 Å². The second kappa shape index (κ2) is 7.63. The summed E-state index contributed by atoms with van der Waals surface area (Å²) in [6.07, 6.45) is 3.49. The van der Waals surface area contributed by atoms with Gasteiger partial charge in [0.15, 0.2) is 5.82 Å². The average molecular weight is 344 g/mol. The van der Waals surface area contributed by atoms with Crippen LogP contribution in [0.4, 0.5) is 0 Å². The number of carbonyl (C=O) groups is 1. The number of amides is 1. The number of ether oxygens (including phenoxy) is 1. The summed E-state index contributed by atoms with van der Waals surface area (Å²) >= 11 is 0. The summed E-state index contributed by atoms with van der Waals surface area (Å²) in [4.78, 5) is 23.4. The number of carbonyl (C=O) groups excluding carboxylic acids is 1. The van der Waals surface area contributed by atoms with Crippen LogP contribution >= 0.6 is 0 Å². The standard InChI is InChI=1S/C18H24N4O3/c1-4-24-17-14(8-5-9-19-17)18(23)22-10-6-7-13(11-22)15-20-16(12(2)3)25-21-15/h5,8-9,12-13H,4,6-7,10-11H2,1-3H3/t13-/m0/s1. The van der Waals surface area contributed by atoms with E-state index in [2.05, 4.69) is 15.1 Å². The van der Waals surface area contributed by atoms with Crippen LogP contribution in [0.3, 0.4) is 0 Å². The molecular weight excluding hydrogens is 320 g/mol. The quantitative estimate of drug-likeness (QED) is 0.829. The molecule has 2 aromatic rings. The Morgan fingerprint density at radius 3 is 3.04 bits per heavy atom. The molecule has 7 heteroatoms. The van der Waals surface area contributed by atoms with E-state index in [1.54, 1.807) is 18.3 Å². The largest absolute Gasteiger partial charge is 0.477 e. The van der Waals surface area contributed by atoms with Crippen LogP contribution in [0.5, 0.6) is 5.88 Å². The van der Waals surface area contributed by atoms with Crippen molar-refractivity contribution >= 4 is 5.91 Å². The van der Waals surface area contributed by atoms with Gasteiger partial charge in [0.05, 0.1) is 6.61 Å². The van der Waals surface area contributed by atoms with Crippen LogP contribution in [0, 0.1) is 0 Å². The minimum Gasteiger partial charge on any atom is -0.477 e. The molecule has 134 valence electrons. The van der Waals surface area contributed by atoms with E-state index in [4.69, 9.17) is 9.26 Å². The van der Waals surface area contributed by atoms with Crippen molar-refractivity contribution < 1.29 is 14.1 Å². The molecule has 25 heavy (non-hydrogen) atoms. The number of hydrogen-bond donors (Lipinski definition) is 0. The summed E-state index contributed by atoms with van der Waals surface area (Å²) in [6.45, 7) is 7.68. The minimum atomic E-state index is -0.0613. The van der Waals surface area contributed by atoms with E-state index < -0.39 is 0 Å². The van der Waals surface area contributed by atoms with Gasteiger partial charge in [-0.1, -0.05) is 19.0 Å². The Morgan fingerprint density at radius 2 is 2.32 bits per heavy atom. The van der Waals surface area contributed by atoms with Crippen molar-refractivity contribution in [2.24, 2.45) is 0 Å². The third-order valence-electron chi connectivity index (χ3n) is 4.31. The third kappa shape index (κ3) is 3.81. The van der Waals surface area contributed by atoms with Gasteiger partial charge >= 0.3 is 0 Å². The van der Waals surface area contributed by atoms with E-state index in [0.29, 0.717) is 42.9 Å². The maximum absolute atomic E-state index is 12.9. The van der Waals surface area contributed by atoms with E-state index in [1.165, 1.54) is 0 Å². The van der Waals surface area contributed by atoms with Crippen LogP contribution in [0.1, 0.15) is 67.5 Å². The lowest BCUT2D eigenvalue weighted by molar-refractivity contribution is 0.0698. The molecule has 2 aromatic heterocycles. The summed E-state index contributed by atoms with van der Waals surface area (Å²) in [6, 6.07) is 3.51. The molecule has 0 spiro atoms. The first kappa shape index (κ1) is 17.4. The Bertz CT molecular complexity index is 729. The second-order valence-electron chi connectivity index (χ2n) is 6.52. The van der Waals surface area contributed by atoms with Gasteiger partial charge in [0, 0.05) is 31.1 Å². The molecule has 1 aliphatic heterocycles. The Morgan fingerprint density at radius 1 is 1.48 bits per heavy atom. The fourth-order valence-corrected chi connectivity index (χ4v) is 3.00. The second-order valence-corrected chi connectivity index (χ2v) is 6.52. The maximum Gasteiger partial charge on any atom is 0.259 e. The zero-order valence-corrected chi connectivity index (χ0v) is 14.9. The molecule has 0 radical (unpaired) electrons. The summed E-state index contributed by atoms with van der Waals surface area (Å²) in [5.74, 6) is 1.96. The van der Waals surface area contributed by atoms with Crippen LogP contribution in [0.25, 0.3) is 0 Å². The highest BCUT2D eigenvalue weighted by molar-refractivity contribution is 5.96. The van der Waals surface area contributed by atoms with E-state index in [0.717, 1.165) is 12.8 Å². The lowest BCUT2D eigenvalue weighted by Gasteiger charge is -2.31. The smallest absolute Gasteiger partial charge is 0.259 e. The molecule has 0 bridgehead atoms. The summed E-state index contributed by atoms with van der Waals surface area (Å²) in [7, 11) is 0. The number of piperidine rings is 1. The van der Waals surface area contributed by atoms with Gasteiger partial charge in [-0.05, 0) is 31.9 Å². The normalized spacial score (nSPS) is 17.8. The number of aromatic nitrogens is 3. The number of pyridine rings is 1. The van der Waals surface area contributed by atoms with Gasteiger partial charge in [-0.15, -0.1) is 0 Å². The van der Waals surface area contributed by atoms with Gasteiger partial charge < -0.3 is 14.2 Å². The molecule has 7 nitrogen and oxygen atoms in total. The first-order valence-corrected chi connectivity index (χ1v) is 8.80. The van der Waals surface area contributed by atoms with Crippen molar-refractivity contribution in [3.8, 4) is 5.88 Å². The molecule has 0 aliphatic carbocycles. The fourth-order valence-electron chi connectivity index (χ4n) is 3.00. The molecule has 1 amide bonds. The van der Waals surface area contributed by atoms with Gasteiger partial charge in [0.1, 0.15) is 5.56 Å². The van der Waals surface area contributed by atoms with Crippen LogP contribution in [-0.4, -0.2) is 45.6 Å². The first-order valence-electron chi connectivity index (χ1n) is 8.80. The van der Waals surface area contributed by atoms with Crippen molar-refractivity contribution in [2.45, 2.75) is 45.4 Å². The topological polar surface area (TPSA) is 81.4 Å². The van der Waals surface area contributed by atoms with Gasteiger partial charge in [0.2, 0.25) is 11.8 Å². The Kier molecular flexibility index (Phi) is 5.31. The third-order valence-corrected chi connectivity index (χ3v) is 4.31. The molecule has 1 fully saturated rings. The van der Waals surface area contributed by atoms with E-state index in [-0.39, 0.29) is 17.7 Å². The highest BCUT2D eigenvalue weighted by Gasteiger charge is 2.30. The molecule has 0 N–H and O–H groups in total. The lowest BCUT2D eigenvalue weighted by atomic mass is 9.96. The van der Waals surface area contributed by atoms with Gasteiger partial charge in [-0.2, -0.15) is 4.98 Å². The van der Waals surface area contributed by atoms with Crippen LogP contribution < -0.4 is 4.74 Å². The fraction of sp³-hybridized carbons (Fsp3) is 0.556. The molecule has 1 atom stereocenters. The zero-order valence-electron chi connectivity index (χ0n) is 14.9. The maximum atomic E-state index is 12.9. The SMILES string of the molecule is CCOc1ncccc1C(=O)N1CCC[C@H](c2noc(C(C)C)n2)C1. The zero-order chi connectivity index (χ0) is 17.8.